The molecule has 0 aliphatic carbocycles. The molecule has 134 valence electrons. The van der Waals surface area contributed by atoms with Gasteiger partial charge >= 0.3 is 0 Å². The highest BCUT2D eigenvalue weighted by Crippen LogP contribution is 2.28. The molecule has 0 fully saturated rings. The summed E-state index contributed by atoms with van der Waals surface area (Å²) in [5.74, 6) is 0.410. The predicted molar refractivity (Wildman–Crippen MR) is 101 cm³/mol. The van der Waals surface area contributed by atoms with Crippen LogP contribution < -0.4 is 16.4 Å². The second-order valence-electron chi connectivity index (χ2n) is 6.21. The molecule has 0 aliphatic rings. The van der Waals surface area contributed by atoms with Crippen LogP contribution in [-0.2, 0) is 7.05 Å². The quantitative estimate of drug-likeness (QED) is 0.630. The Morgan fingerprint density at radius 3 is 2.62 bits per heavy atom. The van der Waals surface area contributed by atoms with E-state index in [1.807, 2.05) is 31.3 Å². The minimum atomic E-state index is -0.595. The molecular weight excluding hydrogens is 330 g/mol. The van der Waals surface area contributed by atoms with E-state index >= 15 is 0 Å². The number of rotatable bonds is 6. The van der Waals surface area contributed by atoms with E-state index in [9.17, 15) is 4.79 Å². The zero-order valence-electron chi connectivity index (χ0n) is 14.9. The number of nitrogens with one attached hydrogen (secondary N) is 2. The lowest BCUT2D eigenvalue weighted by molar-refractivity contribution is 0.100. The minimum absolute atomic E-state index is 0.222. The highest BCUT2D eigenvalue weighted by molar-refractivity contribution is 5.98. The van der Waals surface area contributed by atoms with Crippen LogP contribution in [0.25, 0.3) is 0 Å². The lowest BCUT2D eigenvalue weighted by Crippen LogP contribution is -2.16. The van der Waals surface area contributed by atoms with Crippen molar-refractivity contribution in [3.05, 3.63) is 54.0 Å². The van der Waals surface area contributed by atoms with Gasteiger partial charge in [0.15, 0.2) is 0 Å². The number of para-hydroxylation sites is 1. The van der Waals surface area contributed by atoms with Gasteiger partial charge in [0.25, 0.3) is 5.91 Å². The Morgan fingerprint density at radius 2 is 1.96 bits per heavy atom. The highest BCUT2D eigenvalue weighted by atomic mass is 16.1. The summed E-state index contributed by atoms with van der Waals surface area (Å²) in [4.78, 5) is 20.4. The number of nitrogens with two attached hydrogens (primary N) is 1. The van der Waals surface area contributed by atoms with Crippen LogP contribution in [0.15, 0.2) is 42.9 Å². The van der Waals surface area contributed by atoms with E-state index in [2.05, 4.69) is 39.5 Å². The SMILES string of the molecule is CC(C)c1ccccc1Nc1nc(Nc2cnn(C)c2)ncc1C(N)=O. The molecule has 2 aromatic heterocycles. The largest absolute Gasteiger partial charge is 0.365 e. The van der Waals surface area contributed by atoms with Crippen molar-refractivity contribution in [1.82, 2.24) is 19.7 Å². The average Bonchev–Trinajstić information content (AvgIpc) is 3.00. The molecule has 0 bridgehead atoms. The zero-order chi connectivity index (χ0) is 18.7. The number of primary amides is 1. The first-order valence-corrected chi connectivity index (χ1v) is 8.22. The Bertz CT molecular complexity index is 933. The van der Waals surface area contributed by atoms with Crippen LogP contribution in [0.3, 0.4) is 0 Å². The van der Waals surface area contributed by atoms with Crippen LogP contribution in [0.2, 0.25) is 0 Å². The van der Waals surface area contributed by atoms with Crippen molar-refractivity contribution >= 4 is 29.0 Å². The van der Waals surface area contributed by atoms with Gasteiger partial charge < -0.3 is 16.4 Å². The Kier molecular flexibility index (Phi) is 4.83. The maximum Gasteiger partial charge on any atom is 0.254 e. The Labute approximate surface area is 151 Å². The van der Waals surface area contributed by atoms with Gasteiger partial charge in [-0.05, 0) is 17.5 Å². The van der Waals surface area contributed by atoms with Crippen molar-refractivity contribution in [2.75, 3.05) is 10.6 Å². The number of nitrogens with zero attached hydrogens (tertiary/aromatic N) is 4. The summed E-state index contributed by atoms with van der Waals surface area (Å²) in [6, 6.07) is 7.88. The number of aryl methyl sites for hydroxylation is 1. The van der Waals surface area contributed by atoms with Gasteiger partial charge in [0, 0.05) is 25.1 Å². The predicted octanol–water partition coefficient (Wildman–Crippen LogP) is 2.92. The molecule has 0 saturated carbocycles. The van der Waals surface area contributed by atoms with E-state index in [-0.39, 0.29) is 5.56 Å². The van der Waals surface area contributed by atoms with Gasteiger partial charge in [-0.3, -0.25) is 9.48 Å². The Morgan fingerprint density at radius 1 is 1.19 bits per heavy atom. The van der Waals surface area contributed by atoms with Crippen LogP contribution in [-0.4, -0.2) is 25.7 Å². The fraction of sp³-hybridized carbons (Fsp3) is 0.222. The molecule has 8 heteroatoms. The molecule has 4 N–H and O–H groups in total. The van der Waals surface area contributed by atoms with Crippen molar-refractivity contribution in [2.24, 2.45) is 12.8 Å². The van der Waals surface area contributed by atoms with Gasteiger partial charge in [-0.15, -0.1) is 0 Å². The summed E-state index contributed by atoms with van der Waals surface area (Å²) < 4.78 is 1.66. The van der Waals surface area contributed by atoms with Gasteiger partial charge in [-0.1, -0.05) is 32.0 Å². The number of anilines is 4. The van der Waals surface area contributed by atoms with Crippen molar-refractivity contribution in [3.8, 4) is 0 Å². The summed E-state index contributed by atoms with van der Waals surface area (Å²) in [6.07, 6.45) is 4.87. The van der Waals surface area contributed by atoms with Crippen LogP contribution in [0.5, 0.6) is 0 Å². The Balaban J connectivity index is 1.96. The van der Waals surface area contributed by atoms with Crippen LogP contribution in [0.4, 0.5) is 23.1 Å². The maximum absolute atomic E-state index is 11.8. The van der Waals surface area contributed by atoms with Gasteiger partial charge in [-0.25, -0.2) is 4.98 Å². The minimum Gasteiger partial charge on any atom is -0.365 e. The zero-order valence-corrected chi connectivity index (χ0v) is 14.9. The topological polar surface area (TPSA) is 111 Å². The van der Waals surface area contributed by atoms with Gasteiger partial charge in [0.1, 0.15) is 11.4 Å². The van der Waals surface area contributed by atoms with E-state index in [1.165, 1.54) is 6.20 Å². The standard InChI is InChI=1S/C18H21N7O/c1-11(2)13-6-4-5-7-15(13)23-17-14(16(19)26)9-20-18(24-17)22-12-8-21-25(3)10-12/h4-11H,1-3H3,(H2,19,26)(H2,20,22,23,24). The fourth-order valence-electron chi connectivity index (χ4n) is 2.57. The third kappa shape index (κ3) is 3.80. The second kappa shape index (κ2) is 7.22. The first kappa shape index (κ1) is 17.4. The molecule has 0 unspecified atom stereocenters. The number of amides is 1. The number of aromatic nitrogens is 4. The van der Waals surface area contributed by atoms with Crippen molar-refractivity contribution in [3.63, 3.8) is 0 Å². The molecule has 0 atom stereocenters. The summed E-state index contributed by atoms with van der Waals surface area (Å²) in [5, 5.41) is 10.4. The first-order valence-electron chi connectivity index (χ1n) is 8.22. The monoisotopic (exact) mass is 351 g/mol. The number of hydrogen-bond acceptors (Lipinski definition) is 6. The molecule has 0 saturated heterocycles. The van der Waals surface area contributed by atoms with Crippen LogP contribution in [0.1, 0.15) is 35.7 Å². The number of carbonyl (C=O) groups excluding carboxylic acids is 1. The molecule has 0 radical (unpaired) electrons. The van der Waals surface area contributed by atoms with Crippen LogP contribution in [0, 0.1) is 0 Å². The number of carbonyl (C=O) groups is 1. The lowest BCUT2D eigenvalue weighted by Gasteiger charge is -2.16. The Hall–Kier alpha value is -3.42. The third-order valence-electron chi connectivity index (χ3n) is 3.85. The molecule has 3 aromatic rings. The van der Waals surface area contributed by atoms with E-state index in [0.717, 1.165) is 16.9 Å². The van der Waals surface area contributed by atoms with Gasteiger partial charge in [-0.2, -0.15) is 10.1 Å². The average molecular weight is 351 g/mol. The molecule has 1 amide bonds. The molecule has 3 rings (SSSR count). The van der Waals surface area contributed by atoms with Gasteiger partial charge in [0.2, 0.25) is 5.95 Å². The summed E-state index contributed by atoms with van der Waals surface area (Å²) in [7, 11) is 1.82. The first-order chi connectivity index (χ1) is 12.4. The van der Waals surface area contributed by atoms with E-state index in [1.54, 1.807) is 17.1 Å². The van der Waals surface area contributed by atoms with E-state index < -0.39 is 5.91 Å². The van der Waals surface area contributed by atoms with Crippen molar-refractivity contribution in [1.29, 1.82) is 0 Å². The van der Waals surface area contributed by atoms with Crippen molar-refractivity contribution in [2.45, 2.75) is 19.8 Å². The highest BCUT2D eigenvalue weighted by Gasteiger charge is 2.15. The molecule has 0 aliphatic heterocycles. The van der Waals surface area contributed by atoms with Gasteiger partial charge in [0.05, 0.1) is 11.9 Å². The molecule has 0 spiro atoms. The number of benzene rings is 1. The van der Waals surface area contributed by atoms with Crippen LogP contribution >= 0.6 is 0 Å². The maximum atomic E-state index is 11.8. The lowest BCUT2D eigenvalue weighted by atomic mass is 10.0. The number of hydrogen-bond donors (Lipinski definition) is 3. The summed E-state index contributed by atoms with van der Waals surface area (Å²) in [6.45, 7) is 4.20. The van der Waals surface area contributed by atoms with Crippen molar-refractivity contribution < 1.29 is 4.79 Å². The third-order valence-corrected chi connectivity index (χ3v) is 3.85. The molecule has 1 aromatic carbocycles. The van der Waals surface area contributed by atoms with E-state index in [4.69, 9.17) is 5.73 Å². The molecular formula is C18H21N7O. The summed E-state index contributed by atoms with van der Waals surface area (Å²) >= 11 is 0. The van der Waals surface area contributed by atoms with E-state index in [0.29, 0.717) is 17.7 Å². The molecule has 8 nitrogen and oxygen atoms in total. The smallest absolute Gasteiger partial charge is 0.254 e. The molecule has 2 heterocycles. The molecule has 26 heavy (non-hydrogen) atoms. The summed E-state index contributed by atoms with van der Waals surface area (Å²) in [5.41, 5.74) is 8.43. The normalized spacial score (nSPS) is 10.8. The second-order valence-corrected chi connectivity index (χ2v) is 6.21. The fourth-order valence-corrected chi connectivity index (χ4v) is 2.57.